The normalized spacial score (nSPS) is 17.5. The number of nitrogens with zero attached hydrogens (tertiary/aromatic N) is 1. The van der Waals surface area contributed by atoms with Gasteiger partial charge in [0.15, 0.2) is 0 Å². The molecule has 0 amide bonds. The summed E-state index contributed by atoms with van der Waals surface area (Å²) in [6.07, 6.45) is 5.68. The zero-order chi connectivity index (χ0) is 11.9. The second kappa shape index (κ2) is 3.54. The molecule has 0 spiro atoms. The van der Waals surface area contributed by atoms with Crippen LogP contribution in [0.25, 0.3) is 10.9 Å². The fourth-order valence-electron chi connectivity index (χ4n) is 2.50. The molecule has 0 atom stereocenters. The third-order valence-corrected chi connectivity index (χ3v) is 3.61. The molecular formula is C13H11FN2O. The monoisotopic (exact) mass is 230 g/mol. The van der Waals surface area contributed by atoms with Crippen molar-refractivity contribution in [2.45, 2.75) is 24.8 Å². The van der Waals surface area contributed by atoms with Crippen molar-refractivity contribution in [2.24, 2.45) is 4.99 Å². The first kappa shape index (κ1) is 10.2. The molecule has 0 radical (unpaired) electrons. The van der Waals surface area contributed by atoms with Crippen molar-refractivity contribution in [1.29, 1.82) is 0 Å². The first-order valence-electron chi connectivity index (χ1n) is 5.62. The van der Waals surface area contributed by atoms with Crippen molar-refractivity contribution < 1.29 is 9.18 Å². The zero-order valence-electron chi connectivity index (χ0n) is 9.16. The number of nitrogens with one attached hydrogen (secondary N) is 1. The van der Waals surface area contributed by atoms with E-state index in [2.05, 4.69) is 9.98 Å². The Bertz CT molecular complexity index is 621. The fraction of sp³-hybridized carbons (Fsp3) is 0.308. The molecule has 0 aliphatic heterocycles. The van der Waals surface area contributed by atoms with Crippen LogP contribution in [0.5, 0.6) is 0 Å². The van der Waals surface area contributed by atoms with Gasteiger partial charge in [-0.05, 0) is 31.4 Å². The number of carbonyl (C=O) groups excluding carboxylic acids is 1. The minimum Gasteiger partial charge on any atom is -0.361 e. The van der Waals surface area contributed by atoms with Crippen molar-refractivity contribution >= 4 is 17.0 Å². The molecule has 17 heavy (non-hydrogen) atoms. The molecule has 3 nitrogen and oxygen atoms in total. The first-order chi connectivity index (χ1) is 8.27. The average Bonchev–Trinajstić information content (AvgIpc) is 2.74. The molecule has 2 aromatic rings. The third-order valence-electron chi connectivity index (χ3n) is 3.61. The van der Waals surface area contributed by atoms with E-state index in [-0.39, 0.29) is 5.82 Å². The predicted octanol–water partition coefficient (Wildman–Crippen LogP) is 3.02. The highest BCUT2D eigenvalue weighted by atomic mass is 19.1. The standard InChI is InChI=1S/C13H11FN2O/c14-12-9-4-7-15-11(9)3-2-10(12)13(16-8-17)5-1-6-13/h2-4,7,15H,1,5-6H2. The molecule has 3 rings (SSSR count). The molecule has 0 bridgehead atoms. The Balaban J connectivity index is 2.22. The maximum absolute atomic E-state index is 14.3. The smallest absolute Gasteiger partial charge is 0.235 e. The summed E-state index contributed by atoms with van der Waals surface area (Å²) in [7, 11) is 0. The minimum absolute atomic E-state index is 0.276. The van der Waals surface area contributed by atoms with Crippen molar-refractivity contribution in [3.63, 3.8) is 0 Å². The number of aliphatic imine (C=N–C) groups is 1. The van der Waals surface area contributed by atoms with Crippen LogP contribution in [0, 0.1) is 5.82 Å². The third kappa shape index (κ3) is 1.34. The van der Waals surface area contributed by atoms with Crippen LogP contribution in [0.1, 0.15) is 24.8 Å². The number of aromatic nitrogens is 1. The summed E-state index contributed by atoms with van der Waals surface area (Å²) in [5, 5.41) is 0.551. The molecule has 1 fully saturated rings. The molecule has 0 saturated heterocycles. The molecular weight excluding hydrogens is 219 g/mol. The molecule has 1 saturated carbocycles. The lowest BCUT2D eigenvalue weighted by atomic mass is 9.72. The molecule has 1 N–H and O–H groups in total. The van der Waals surface area contributed by atoms with Crippen LogP contribution in [0.15, 0.2) is 29.4 Å². The van der Waals surface area contributed by atoms with Gasteiger partial charge in [-0.1, -0.05) is 6.07 Å². The van der Waals surface area contributed by atoms with Gasteiger partial charge in [-0.3, -0.25) is 0 Å². The molecule has 0 unspecified atom stereocenters. The molecule has 1 aromatic heterocycles. The Labute approximate surface area is 97.4 Å². The first-order valence-corrected chi connectivity index (χ1v) is 5.62. The maximum Gasteiger partial charge on any atom is 0.235 e. The molecule has 4 heteroatoms. The lowest BCUT2D eigenvalue weighted by molar-refractivity contribution is 0.248. The van der Waals surface area contributed by atoms with Gasteiger partial charge in [0.2, 0.25) is 6.08 Å². The van der Waals surface area contributed by atoms with Crippen LogP contribution < -0.4 is 0 Å². The van der Waals surface area contributed by atoms with Gasteiger partial charge in [0.1, 0.15) is 11.4 Å². The van der Waals surface area contributed by atoms with Crippen molar-refractivity contribution in [2.75, 3.05) is 0 Å². The minimum atomic E-state index is -0.669. The van der Waals surface area contributed by atoms with E-state index in [0.29, 0.717) is 10.9 Å². The van der Waals surface area contributed by atoms with E-state index >= 15 is 0 Å². The zero-order valence-corrected chi connectivity index (χ0v) is 9.16. The molecule has 1 aromatic carbocycles. The van der Waals surface area contributed by atoms with Gasteiger partial charge in [-0.15, -0.1) is 0 Å². The van der Waals surface area contributed by atoms with Crippen molar-refractivity contribution in [1.82, 2.24) is 4.98 Å². The van der Waals surface area contributed by atoms with Crippen LogP contribution >= 0.6 is 0 Å². The van der Waals surface area contributed by atoms with Crippen LogP contribution in [-0.4, -0.2) is 11.1 Å². The quantitative estimate of drug-likeness (QED) is 0.625. The number of benzene rings is 1. The second-order valence-corrected chi connectivity index (χ2v) is 4.45. The predicted molar refractivity (Wildman–Crippen MR) is 61.9 cm³/mol. The van der Waals surface area contributed by atoms with Crippen LogP contribution in [0.4, 0.5) is 4.39 Å². The van der Waals surface area contributed by atoms with Crippen molar-refractivity contribution in [3.05, 3.63) is 35.8 Å². The summed E-state index contributed by atoms with van der Waals surface area (Å²) >= 11 is 0. The number of fused-ring (bicyclic) bond motifs is 1. The van der Waals surface area contributed by atoms with Gasteiger partial charge in [0.25, 0.3) is 0 Å². The number of isocyanates is 1. The van der Waals surface area contributed by atoms with Gasteiger partial charge in [-0.25, -0.2) is 9.18 Å². The van der Waals surface area contributed by atoms with Crippen LogP contribution in [-0.2, 0) is 10.3 Å². The van der Waals surface area contributed by atoms with Crippen molar-refractivity contribution in [3.8, 4) is 0 Å². The summed E-state index contributed by atoms with van der Waals surface area (Å²) in [6, 6.07) is 5.24. The maximum atomic E-state index is 14.3. The average molecular weight is 230 g/mol. The molecule has 1 aliphatic rings. The Morgan fingerprint density at radius 2 is 2.18 bits per heavy atom. The van der Waals surface area contributed by atoms with Gasteiger partial charge >= 0.3 is 0 Å². The van der Waals surface area contributed by atoms with E-state index in [0.717, 1.165) is 24.8 Å². The molecule has 86 valence electrons. The van der Waals surface area contributed by atoms with E-state index in [1.165, 1.54) is 0 Å². The summed E-state index contributed by atoms with van der Waals surface area (Å²) < 4.78 is 14.3. The highest BCUT2D eigenvalue weighted by Crippen LogP contribution is 2.46. The lowest BCUT2D eigenvalue weighted by Gasteiger charge is -2.37. The largest absolute Gasteiger partial charge is 0.361 e. The number of hydrogen-bond donors (Lipinski definition) is 1. The van der Waals surface area contributed by atoms with E-state index in [1.807, 2.05) is 6.07 Å². The summed E-state index contributed by atoms with van der Waals surface area (Å²) in [5.41, 5.74) is 0.604. The highest BCUT2D eigenvalue weighted by molar-refractivity contribution is 5.81. The fourth-order valence-corrected chi connectivity index (χ4v) is 2.50. The van der Waals surface area contributed by atoms with Crippen LogP contribution in [0.3, 0.4) is 0 Å². The number of hydrogen-bond acceptors (Lipinski definition) is 2. The Kier molecular flexibility index (Phi) is 2.13. The summed E-state index contributed by atoms with van der Waals surface area (Å²) in [4.78, 5) is 17.3. The summed E-state index contributed by atoms with van der Waals surface area (Å²) in [6.45, 7) is 0. The lowest BCUT2D eigenvalue weighted by Crippen LogP contribution is -2.32. The van der Waals surface area contributed by atoms with Gasteiger partial charge in [0, 0.05) is 22.7 Å². The Morgan fingerprint density at radius 1 is 1.35 bits per heavy atom. The van der Waals surface area contributed by atoms with E-state index in [9.17, 15) is 9.18 Å². The number of halogens is 1. The molecule has 1 aliphatic carbocycles. The topological polar surface area (TPSA) is 45.2 Å². The number of aromatic amines is 1. The van der Waals surface area contributed by atoms with Gasteiger partial charge in [-0.2, -0.15) is 4.99 Å². The Morgan fingerprint density at radius 3 is 2.82 bits per heavy atom. The van der Waals surface area contributed by atoms with E-state index in [4.69, 9.17) is 0 Å². The Hall–Kier alpha value is -1.93. The summed E-state index contributed by atoms with van der Waals surface area (Å²) in [5.74, 6) is -0.276. The highest BCUT2D eigenvalue weighted by Gasteiger charge is 2.41. The van der Waals surface area contributed by atoms with Gasteiger partial charge < -0.3 is 4.98 Å². The molecule has 1 heterocycles. The second-order valence-electron chi connectivity index (χ2n) is 4.45. The SMILES string of the molecule is O=C=NC1(c2ccc3[nH]ccc3c2F)CCC1. The van der Waals surface area contributed by atoms with Crippen LogP contribution in [0.2, 0.25) is 0 Å². The number of rotatable bonds is 2. The van der Waals surface area contributed by atoms with E-state index < -0.39 is 5.54 Å². The van der Waals surface area contributed by atoms with Gasteiger partial charge in [0.05, 0.1) is 0 Å². The number of H-pyrrole nitrogens is 1. The van der Waals surface area contributed by atoms with E-state index in [1.54, 1.807) is 24.4 Å².